The van der Waals surface area contributed by atoms with Crippen molar-refractivity contribution in [1.29, 1.82) is 0 Å². The zero-order valence-electron chi connectivity index (χ0n) is 10.9. The van der Waals surface area contributed by atoms with E-state index < -0.39 is 0 Å². The molecule has 17 heavy (non-hydrogen) atoms. The Kier molecular flexibility index (Phi) is 4.22. The van der Waals surface area contributed by atoms with Crippen LogP contribution in [0.3, 0.4) is 0 Å². The highest BCUT2D eigenvalue weighted by Gasteiger charge is 2.34. The van der Waals surface area contributed by atoms with Gasteiger partial charge in [-0.05, 0) is 42.5 Å². The number of hydrogen-bond acceptors (Lipinski definition) is 1. The predicted molar refractivity (Wildman–Crippen MR) is 76.9 cm³/mol. The predicted octanol–water partition coefficient (Wildman–Crippen LogP) is 3.32. The van der Waals surface area contributed by atoms with E-state index in [0.717, 1.165) is 12.3 Å². The molecular weight excluding hydrogens is 227 g/mol. The van der Waals surface area contributed by atoms with Gasteiger partial charge in [-0.2, -0.15) is 0 Å². The highest BCUT2D eigenvalue weighted by Crippen LogP contribution is 2.36. The molecule has 1 aromatic rings. The minimum absolute atomic E-state index is 0.0922. The van der Waals surface area contributed by atoms with Gasteiger partial charge in [0.25, 0.3) is 0 Å². The molecule has 0 aromatic heterocycles. The highest BCUT2D eigenvalue weighted by atomic mass is 31.0. The summed E-state index contributed by atoms with van der Waals surface area (Å²) >= 11 is 0. The molecule has 0 saturated heterocycles. The van der Waals surface area contributed by atoms with E-state index in [1.165, 1.54) is 36.6 Å². The van der Waals surface area contributed by atoms with Gasteiger partial charge in [0.2, 0.25) is 0 Å². The lowest BCUT2D eigenvalue weighted by molar-refractivity contribution is -0.0469. The molecule has 1 saturated carbocycles. The molecule has 0 bridgehead atoms. The topological polar surface area (TPSA) is 9.23 Å². The summed E-state index contributed by atoms with van der Waals surface area (Å²) in [4.78, 5) is 0. The van der Waals surface area contributed by atoms with Gasteiger partial charge in [-0.25, -0.2) is 0 Å². The van der Waals surface area contributed by atoms with Crippen LogP contribution in [0.4, 0.5) is 0 Å². The largest absolute Gasteiger partial charge is 0.378 e. The van der Waals surface area contributed by atoms with Gasteiger partial charge in [0.1, 0.15) is 0 Å². The summed E-state index contributed by atoms with van der Waals surface area (Å²) in [6.07, 6.45) is 6.06. The molecule has 2 heteroatoms. The summed E-state index contributed by atoms with van der Waals surface area (Å²) in [6, 6.07) is 8.77. The summed E-state index contributed by atoms with van der Waals surface area (Å²) in [7, 11) is 4.61. The number of methoxy groups -OCH3 is 1. The number of rotatable bonds is 3. The Hall–Kier alpha value is -0.390. The van der Waals surface area contributed by atoms with Gasteiger partial charge in [0.15, 0.2) is 0 Å². The van der Waals surface area contributed by atoms with E-state index in [1.807, 2.05) is 7.11 Å². The highest BCUT2D eigenvalue weighted by molar-refractivity contribution is 7.27. The minimum atomic E-state index is 0.0922. The number of hydrogen-bond donors (Lipinski definition) is 0. The van der Waals surface area contributed by atoms with Crippen molar-refractivity contribution < 1.29 is 4.74 Å². The van der Waals surface area contributed by atoms with E-state index in [0.29, 0.717) is 0 Å². The van der Waals surface area contributed by atoms with Gasteiger partial charge in [0.05, 0.1) is 5.60 Å². The third kappa shape index (κ3) is 3.30. The van der Waals surface area contributed by atoms with Crippen molar-refractivity contribution in [2.24, 2.45) is 5.92 Å². The zero-order valence-corrected chi connectivity index (χ0v) is 12.1. The van der Waals surface area contributed by atoms with Crippen molar-refractivity contribution >= 4 is 14.5 Å². The fourth-order valence-corrected chi connectivity index (χ4v) is 2.94. The van der Waals surface area contributed by atoms with Crippen LogP contribution < -0.4 is 5.30 Å². The molecule has 1 aliphatic carbocycles. The molecule has 94 valence electrons. The van der Waals surface area contributed by atoms with Crippen LogP contribution in [0.1, 0.15) is 38.2 Å². The van der Waals surface area contributed by atoms with Crippen LogP contribution in [0.2, 0.25) is 0 Å². The molecule has 1 atom stereocenters. The van der Waals surface area contributed by atoms with Crippen LogP contribution in [-0.4, -0.2) is 12.7 Å². The number of benzene rings is 1. The Balaban J connectivity index is 2.06. The molecule has 1 fully saturated rings. The van der Waals surface area contributed by atoms with Crippen LogP contribution in [0.25, 0.3) is 0 Å². The van der Waals surface area contributed by atoms with Gasteiger partial charge in [-0.1, -0.05) is 31.2 Å². The normalized spacial score (nSPS) is 29.2. The fraction of sp³-hybridized carbons (Fsp3) is 0.600. The zero-order chi connectivity index (χ0) is 12.3. The van der Waals surface area contributed by atoms with Gasteiger partial charge in [0, 0.05) is 13.5 Å². The van der Waals surface area contributed by atoms with Crippen molar-refractivity contribution in [3.8, 4) is 0 Å². The maximum absolute atomic E-state index is 5.86. The SMILES string of the molecule is COC1(Cc2ccc(P)cc2)CCC(C)CC1. The number of ether oxygens (including phenoxy) is 1. The molecule has 0 amide bonds. The lowest BCUT2D eigenvalue weighted by Crippen LogP contribution is -2.38. The minimum Gasteiger partial charge on any atom is -0.378 e. The van der Waals surface area contributed by atoms with Gasteiger partial charge in [-0.3, -0.25) is 0 Å². The van der Waals surface area contributed by atoms with Crippen molar-refractivity contribution in [2.75, 3.05) is 7.11 Å². The third-order valence-electron chi connectivity index (χ3n) is 4.12. The molecule has 1 nitrogen and oxygen atoms in total. The maximum atomic E-state index is 5.86. The smallest absolute Gasteiger partial charge is 0.0719 e. The quantitative estimate of drug-likeness (QED) is 0.748. The Morgan fingerprint density at radius 2 is 1.82 bits per heavy atom. The van der Waals surface area contributed by atoms with Crippen LogP contribution in [0.5, 0.6) is 0 Å². The second kappa shape index (κ2) is 5.50. The lowest BCUT2D eigenvalue weighted by Gasteiger charge is -2.38. The molecule has 0 aliphatic heterocycles. The summed E-state index contributed by atoms with van der Waals surface area (Å²) in [6.45, 7) is 2.35. The first-order valence-corrected chi connectivity index (χ1v) is 7.11. The average Bonchev–Trinajstić information content (AvgIpc) is 2.35. The van der Waals surface area contributed by atoms with Crippen LogP contribution in [0, 0.1) is 5.92 Å². The second-order valence-electron chi connectivity index (χ2n) is 5.49. The Labute approximate surface area is 107 Å². The molecule has 0 radical (unpaired) electrons. The van der Waals surface area contributed by atoms with E-state index in [1.54, 1.807) is 0 Å². The summed E-state index contributed by atoms with van der Waals surface area (Å²) < 4.78 is 5.86. The maximum Gasteiger partial charge on any atom is 0.0719 e. The Bertz CT molecular complexity index is 350. The van der Waals surface area contributed by atoms with Crippen molar-refractivity contribution in [2.45, 2.75) is 44.6 Å². The van der Waals surface area contributed by atoms with Gasteiger partial charge in [-0.15, -0.1) is 9.24 Å². The van der Waals surface area contributed by atoms with Crippen LogP contribution in [-0.2, 0) is 11.2 Å². The first-order valence-electron chi connectivity index (χ1n) is 6.53. The molecule has 0 heterocycles. The van der Waals surface area contributed by atoms with Gasteiger partial charge < -0.3 is 4.74 Å². The standard InChI is InChI=1S/C15H23OP/c1-12-7-9-15(16-2,10-8-12)11-13-3-5-14(17)6-4-13/h3-6,12H,7-11,17H2,1-2H3. The van der Waals surface area contributed by atoms with Crippen molar-refractivity contribution in [1.82, 2.24) is 0 Å². The van der Waals surface area contributed by atoms with E-state index >= 15 is 0 Å². The fourth-order valence-electron chi connectivity index (χ4n) is 2.75. The first-order chi connectivity index (χ1) is 8.13. The summed E-state index contributed by atoms with van der Waals surface area (Å²) in [5.74, 6) is 0.868. The van der Waals surface area contributed by atoms with E-state index in [9.17, 15) is 0 Å². The molecule has 1 unspecified atom stereocenters. The third-order valence-corrected chi connectivity index (χ3v) is 4.51. The van der Waals surface area contributed by atoms with E-state index in [-0.39, 0.29) is 5.60 Å². The second-order valence-corrected chi connectivity index (χ2v) is 6.15. The summed E-state index contributed by atoms with van der Waals surface area (Å²) in [5, 5.41) is 1.25. The van der Waals surface area contributed by atoms with Crippen molar-refractivity contribution in [3.63, 3.8) is 0 Å². The molecule has 2 rings (SSSR count). The monoisotopic (exact) mass is 250 g/mol. The van der Waals surface area contributed by atoms with Gasteiger partial charge >= 0.3 is 0 Å². The molecule has 0 spiro atoms. The average molecular weight is 250 g/mol. The van der Waals surface area contributed by atoms with Crippen LogP contribution in [0.15, 0.2) is 24.3 Å². The van der Waals surface area contributed by atoms with E-state index in [4.69, 9.17) is 4.74 Å². The molecule has 1 aliphatic rings. The van der Waals surface area contributed by atoms with Crippen LogP contribution >= 0.6 is 9.24 Å². The Morgan fingerprint density at radius 1 is 1.24 bits per heavy atom. The molecular formula is C15H23OP. The van der Waals surface area contributed by atoms with Crippen molar-refractivity contribution in [3.05, 3.63) is 29.8 Å². The molecule has 0 N–H and O–H groups in total. The Morgan fingerprint density at radius 3 is 2.35 bits per heavy atom. The lowest BCUT2D eigenvalue weighted by atomic mass is 9.76. The van der Waals surface area contributed by atoms with E-state index in [2.05, 4.69) is 40.4 Å². The summed E-state index contributed by atoms with van der Waals surface area (Å²) in [5.41, 5.74) is 1.49. The molecule has 1 aromatic carbocycles. The first kappa shape index (κ1) is 13.1.